The molecule has 0 aromatic heterocycles. The molecule has 0 fully saturated rings. The van der Waals surface area contributed by atoms with E-state index in [9.17, 15) is 13.9 Å². The van der Waals surface area contributed by atoms with E-state index in [1.807, 2.05) is 0 Å². The van der Waals surface area contributed by atoms with Gasteiger partial charge in [-0.3, -0.25) is 0 Å². The normalized spacial score (nSPS) is 15.8. The lowest BCUT2D eigenvalue weighted by molar-refractivity contribution is 0.000635. The van der Waals surface area contributed by atoms with Gasteiger partial charge in [-0.2, -0.15) is 0 Å². The van der Waals surface area contributed by atoms with Crippen LogP contribution < -0.4 is 0 Å². The molecule has 1 aromatic carbocycles. The fraction of sp³-hybridized carbons (Fsp3) is 0.400. The third-order valence-corrected chi connectivity index (χ3v) is 2.04. The number of hydrogen-bond acceptors (Lipinski definition) is 1. The van der Waals surface area contributed by atoms with Crippen LogP contribution in [0.15, 0.2) is 30.3 Å². The predicted octanol–water partition coefficient (Wildman–Crippen LogP) is 2.62. The highest BCUT2D eigenvalue weighted by Crippen LogP contribution is 2.26. The quantitative estimate of drug-likeness (QED) is 0.769. The molecule has 0 aliphatic heterocycles. The zero-order chi connectivity index (χ0) is 9.84. The summed E-state index contributed by atoms with van der Waals surface area (Å²) in [6.45, 7) is 1.34. The topological polar surface area (TPSA) is 20.2 Å². The Hall–Kier alpha value is -0.960. The van der Waals surface area contributed by atoms with Gasteiger partial charge < -0.3 is 5.11 Å². The molecule has 0 amide bonds. The second kappa shape index (κ2) is 4.33. The van der Waals surface area contributed by atoms with Gasteiger partial charge in [0.25, 0.3) is 0 Å². The molecule has 2 atom stereocenters. The minimum Gasteiger partial charge on any atom is -0.388 e. The average molecular weight is 186 g/mol. The molecule has 13 heavy (non-hydrogen) atoms. The molecule has 1 N–H and O–H groups in total. The van der Waals surface area contributed by atoms with Crippen LogP contribution in [0, 0.1) is 5.92 Å². The molecule has 0 spiro atoms. The van der Waals surface area contributed by atoms with Gasteiger partial charge in [-0.25, -0.2) is 8.78 Å². The van der Waals surface area contributed by atoms with Gasteiger partial charge in [-0.05, 0) is 5.56 Å². The summed E-state index contributed by atoms with van der Waals surface area (Å²) in [4.78, 5) is 0. The van der Waals surface area contributed by atoms with Gasteiger partial charge in [-0.15, -0.1) is 0 Å². The second-order valence-electron chi connectivity index (χ2n) is 3.05. The average Bonchev–Trinajstić information content (AvgIpc) is 2.17. The Morgan fingerprint density at radius 3 is 2.15 bits per heavy atom. The SMILES string of the molecule is CC(C(F)F)C(O)c1ccccc1. The van der Waals surface area contributed by atoms with Crippen LogP contribution in [0.3, 0.4) is 0 Å². The molecule has 72 valence electrons. The van der Waals surface area contributed by atoms with Crippen molar-refractivity contribution in [2.24, 2.45) is 5.92 Å². The van der Waals surface area contributed by atoms with Crippen molar-refractivity contribution >= 4 is 0 Å². The summed E-state index contributed by atoms with van der Waals surface area (Å²) in [5.41, 5.74) is 0.537. The third-order valence-electron chi connectivity index (χ3n) is 2.04. The van der Waals surface area contributed by atoms with E-state index >= 15 is 0 Å². The van der Waals surface area contributed by atoms with Crippen LogP contribution in [0.5, 0.6) is 0 Å². The number of benzene rings is 1. The zero-order valence-electron chi connectivity index (χ0n) is 7.32. The van der Waals surface area contributed by atoms with Gasteiger partial charge >= 0.3 is 0 Å². The summed E-state index contributed by atoms with van der Waals surface area (Å²) in [6.07, 6.45) is -3.57. The van der Waals surface area contributed by atoms with E-state index in [1.165, 1.54) is 6.92 Å². The molecule has 0 bridgehead atoms. The maximum atomic E-state index is 12.2. The third kappa shape index (κ3) is 2.49. The Balaban J connectivity index is 2.73. The second-order valence-corrected chi connectivity index (χ2v) is 3.05. The van der Waals surface area contributed by atoms with E-state index in [-0.39, 0.29) is 0 Å². The smallest absolute Gasteiger partial charge is 0.243 e. The van der Waals surface area contributed by atoms with E-state index in [2.05, 4.69) is 0 Å². The molecule has 2 unspecified atom stereocenters. The van der Waals surface area contributed by atoms with Crippen molar-refractivity contribution in [2.75, 3.05) is 0 Å². The fourth-order valence-corrected chi connectivity index (χ4v) is 1.09. The maximum Gasteiger partial charge on any atom is 0.243 e. The summed E-state index contributed by atoms with van der Waals surface area (Å²) in [5.74, 6) is -1.03. The van der Waals surface area contributed by atoms with Gasteiger partial charge in [0.2, 0.25) is 6.43 Å². The van der Waals surface area contributed by atoms with Gasteiger partial charge in [0, 0.05) is 5.92 Å². The molecule has 1 aromatic rings. The van der Waals surface area contributed by atoms with Crippen LogP contribution in [0.2, 0.25) is 0 Å². The molecule has 0 saturated heterocycles. The Kier molecular flexibility index (Phi) is 3.37. The Morgan fingerprint density at radius 1 is 1.15 bits per heavy atom. The van der Waals surface area contributed by atoms with Crippen molar-refractivity contribution < 1.29 is 13.9 Å². The molecule has 0 heterocycles. The minimum atomic E-state index is -2.49. The molecule has 3 heteroatoms. The van der Waals surface area contributed by atoms with Crippen molar-refractivity contribution in [2.45, 2.75) is 19.5 Å². The van der Waals surface area contributed by atoms with E-state index < -0.39 is 18.4 Å². The number of aliphatic hydroxyl groups excluding tert-OH is 1. The highest BCUT2D eigenvalue weighted by Gasteiger charge is 2.24. The molecule has 1 rings (SSSR count). The Morgan fingerprint density at radius 2 is 1.69 bits per heavy atom. The standard InChI is InChI=1S/C10H12F2O/c1-7(10(11)12)9(13)8-5-3-2-4-6-8/h2-7,9-10,13H,1H3. The number of halogens is 2. The highest BCUT2D eigenvalue weighted by molar-refractivity contribution is 5.17. The predicted molar refractivity (Wildman–Crippen MR) is 46.6 cm³/mol. The maximum absolute atomic E-state index is 12.2. The lowest BCUT2D eigenvalue weighted by atomic mass is 9.98. The van der Waals surface area contributed by atoms with E-state index in [4.69, 9.17) is 0 Å². The van der Waals surface area contributed by atoms with Crippen molar-refractivity contribution in [1.29, 1.82) is 0 Å². The summed E-state index contributed by atoms with van der Waals surface area (Å²) >= 11 is 0. The van der Waals surface area contributed by atoms with Crippen LogP contribution >= 0.6 is 0 Å². The van der Waals surface area contributed by atoms with E-state index in [1.54, 1.807) is 30.3 Å². The van der Waals surface area contributed by atoms with Crippen molar-refractivity contribution in [3.63, 3.8) is 0 Å². The van der Waals surface area contributed by atoms with Crippen molar-refractivity contribution in [1.82, 2.24) is 0 Å². The molecule has 0 saturated carbocycles. The Bertz CT molecular complexity index is 248. The Labute approximate surface area is 76.0 Å². The fourth-order valence-electron chi connectivity index (χ4n) is 1.09. The largest absolute Gasteiger partial charge is 0.388 e. The van der Waals surface area contributed by atoms with Crippen molar-refractivity contribution in [3.8, 4) is 0 Å². The molecule has 0 radical (unpaired) electrons. The van der Waals surface area contributed by atoms with Gasteiger partial charge in [0.05, 0.1) is 6.10 Å². The highest BCUT2D eigenvalue weighted by atomic mass is 19.3. The summed E-state index contributed by atoms with van der Waals surface area (Å²) in [6, 6.07) is 8.50. The molecule has 1 nitrogen and oxygen atoms in total. The first-order valence-electron chi connectivity index (χ1n) is 4.14. The van der Waals surface area contributed by atoms with Crippen LogP contribution in [-0.4, -0.2) is 11.5 Å². The van der Waals surface area contributed by atoms with Gasteiger partial charge in [-0.1, -0.05) is 37.3 Å². The van der Waals surface area contributed by atoms with Crippen LogP contribution in [0.4, 0.5) is 8.78 Å². The molecule has 0 aliphatic rings. The number of hydrogen-bond donors (Lipinski definition) is 1. The van der Waals surface area contributed by atoms with E-state index in [0.717, 1.165) is 0 Å². The van der Waals surface area contributed by atoms with Crippen molar-refractivity contribution in [3.05, 3.63) is 35.9 Å². The first kappa shape index (κ1) is 10.1. The number of alkyl halides is 2. The number of rotatable bonds is 3. The molecular formula is C10H12F2O. The minimum absolute atomic E-state index is 0.537. The van der Waals surface area contributed by atoms with Gasteiger partial charge in [0.1, 0.15) is 0 Å². The zero-order valence-corrected chi connectivity index (χ0v) is 7.32. The first-order valence-corrected chi connectivity index (χ1v) is 4.14. The summed E-state index contributed by atoms with van der Waals surface area (Å²) in [5, 5.41) is 9.48. The monoisotopic (exact) mass is 186 g/mol. The van der Waals surface area contributed by atoms with Gasteiger partial charge in [0.15, 0.2) is 0 Å². The first-order chi connectivity index (χ1) is 6.13. The van der Waals surface area contributed by atoms with Crippen LogP contribution in [0.25, 0.3) is 0 Å². The van der Waals surface area contributed by atoms with Crippen LogP contribution in [-0.2, 0) is 0 Å². The molecule has 0 aliphatic carbocycles. The number of aliphatic hydroxyl groups is 1. The lowest BCUT2D eigenvalue weighted by Gasteiger charge is -2.17. The summed E-state index contributed by atoms with van der Waals surface area (Å²) < 4.78 is 24.4. The molecular weight excluding hydrogens is 174 g/mol. The summed E-state index contributed by atoms with van der Waals surface area (Å²) in [7, 11) is 0. The van der Waals surface area contributed by atoms with E-state index in [0.29, 0.717) is 5.56 Å². The lowest BCUT2D eigenvalue weighted by Crippen LogP contribution is -2.16. The van der Waals surface area contributed by atoms with Crippen LogP contribution in [0.1, 0.15) is 18.6 Å².